The molecule has 1 aromatic carbocycles. The van der Waals surface area contributed by atoms with E-state index in [-0.39, 0.29) is 31.1 Å². The largest absolute Gasteiger partial charge is 0.491 e. The number of aliphatic hydroxyl groups excluding tert-OH is 1. The SMILES string of the molecule is CCNC(=NCC(O)COc1cccc(C)c1)N(C)CC(=O)NC(C)(C)C. The quantitative estimate of drug-likeness (QED) is 0.472. The monoisotopic (exact) mass is 378 g/mol. The number of benzene rings is 1. The number of rotatable bonds is 8. The van der Waals surface area contributed by atoms with E-state index < -0.39 is 6.10 Å². The van der Waals surface area contributed by atoms with Gasteiger partial charge in [-0.05, 0) is 52.3 Å². The average Bonchev–Trinajstić information content (AvgIpc) is 2.54. The number of nitrogens with zero attached hydrogens (tertiary/aromatic N) is 2. The van der Waals surface area contributed by atoms with E-state index in [0.717, 1.165) is 11.3 Å². The van der Waals surface area contributed by atoms with Gasteiger partial charge in [0.2, 0.25) is 5.91 Å². The molecule has 1 atom stereocenters. The van der Waals surface area contributed by atoms with Crippen molar-refractivity contribution in [1.82, 2.24) is 15.5 Å². The first-order chi connectivity index (χ1) is 12.6. The van der Waals surface area contributed by atoms with Gasteiger partial charge in [-0.3, -0.25) is 9.79 Å². The highest BCUT2D eigenvalue weighted by molar-refractivity contribution is 5.86. The summed E-state index contributed by atoms with van der Waals surface area (Å²) in [6.07, 6.45) is -0.740. The number of guanidine groups is 1. The smallest absolute Gasteiger partial charge is 0.240 e. The third kappa shape index (κ3) is 9.84. The number of carbonyl (C=O) groups excluding carboxylic acids is 1. The summed E-state index contributed by atoms with van der Waals surface area (Å²) in [7, 11) is 1.79. The summed E-state index contributed by atoms with van der Waals surface area (Å²) < 4.78 is 5.60. The fraction of sp³-hybridized carbons (Fsp3) is 0.600. The van der Waals surface area contributed by atoms with Crippen molar-refractivity contribution in [1.29, 1.82) is 0 Å². The molecule has 1 amide bonds. The molecule has 152 valence electrons. The Morgan fingerprint density at radius 2 is 2.07 bits per heavy atom. The van der Waals surface area contributed by atoms with E-state index in [1.54, 1.807) is 11.9 Å². The third-order valence-electron chi connectivity index (χ3n) is 3.48. The molecule has 0 aliphatic heterocycles. The van der Waals surface area contributed by atoms with Crippen LogP contribution >= 0.6 is 0 Å². The van der Waals surface area contributed by atoms with Gasteiger partial charge in [0.15, 0.2) is 5.96 Å². The molecule has 1 aromatic rings. The number of aliphatic hydroxyl groups is 1. The molecule has 7 nitrogen and oxygen atoms in total. The van der Waals surface area contributed by atoms with Crippen molar-refractivity contribution in [2.45, 2.75) is 46.3 Å². The number of nitrogens with one attached hydrogen (secondary N) is 2. The lowest BCUT2D eigenvalue weighted by Crippen LogP contribution is -2.49. The lowest BCUT2D eigenvalue weighted by atomic mass is 10.1. The first-order valence-electron chi connectivity index (χ1n) is 9.28. The number of amides is 1. The Bertz CT molecular complexity index is 626. The van der Waals surface area contributed by atoms with Gasteiger partial charge in [-0.25, -0.2) is 0 Å². The summed E-state index contributed by atoms with van der Waals surface area (Å²) in [5.41, 5.74) is 0.820. The zero-order chi connectivity index (χ0) is 20.4. The molecular weight excluding hydrogens is 344 g/mol. The highest BCUT2D eigenvalue weighted by atomic mass is 16.5. The Kier molecular flexibility index (Phi) is 9.08. The van der Waals surface area contributed by atoms with Crippen LogP contribution < -0.4 is 15.4 Å². The highest BCUT2D eigenvalue weighted by Crippen LogP contribution is 2.12. The molecule has 0 spiro atoms. The van der Waals surface area contributed by atoms with E-state index in [1.165, 1.54) is 0 Å². The predicted octanol–water partition coefficient (Wildman–Crippen LogP) is 1.55. The van der Waals surface area contributed by atoms with Crippen LogP contribution in [0.15, 0.2) is 29.3 Å². The van der Waals surface area contributed by atoms with Gasteiger partial charge in [0.05, 0.1) is 13.1 Å². The Hall–Kier alpha value is -2.28. The van der Waals surface area contributed by atoms with Gasteiger partial charge in [0, 0.05) is 19.1 Å². The summed E-state index contributed by atoms with van der Waals surface area (Å²) >= 11 is 0. The number of carbonyl (C=O) groups is 1. The van der Waals surface area contributed by atoms with Crippen LogP contribution in [0.1, 0.15) is 33.3 Å². The molecule has 27 heavy (non-hydrogen) atoms. The molecule has 0 aliphatic carbocycles. The summed E-state index contributed by atoms with van der Waals surface area (Å²) in [4.78, 5) is 18.2. The third-order valence-corrected chi connectivity index (χ3v) is 3.48. The van der Waals surface area contributed by atoms with E-state index in [0.29, 0.717) is 12.5 Å². The maximum Gasteiger partial charge on any atom is 0.240 e. The molecule has 3 N–H and O–H groups in total. The van der Waals surface area contributed by atoms with Crippen molar-refractivity contribution in [2.75, 3.05) is 33.3 Å². The second-order valence-corrected chi connectivity index (χ2v) is 7.63. The Labute approximate surface area is 162 Å². The zero-order valence-electron chi connectivity index (χ0n) is 17.4. The zero-order valence-corrected chi connectivity index (χ0v) is 17.4. The van der Waals surface area contributed by atoms with Crippen LogP contribution in [0, 0.1) is 6.92 Å². The molecule has 0 saturated carbocycles. The second kappa shape index (κ2) is 10.8. The van der Waals surface area contributed by atoms with E-state index in [1.807, 2.05) is 58.9 Å². The number of aliphatic imine (C=N–C) groups is 1. The minimum atomic E-state index is -0.740. The fourth-order valence-electron chi connectivity index (χ4n) is 2.36. The summed E-state index contributed by atoms with van der Waals surface area (Å²) in [5.74, 6) is 1.20. The van der Waals surface area contributed by atoms with Crippen LogP contribution in [0.5, 0.6) is 5.75 Å². The summed E-state index contributed by atoms with van der Waals surface area (Å²) in [6, 6.07) is 7.67. The molecule has 0 saturated heterocycles. The molecule has 0 radical (unpaired) electrons. The standard InChI is InChI=1S/C20H34N4O3/c1-7-21-19(24(6)13-18(26)23-20(3,4)5)22-12-16(25)14-27-17-10-8-9-15(2)11-17/h8-11,16,25H,7,12-14H2,1-6H3,(H,21,22)(H,23,26). The summed E-state index contributed by atoms with van der Waals surface area (Å²) in [5, 5.41) is 16.2. The van der Waals surface area contributed by atoms with Gasteiger partial charge >= 0.3 is 0 Å². The molecule has 1 unspecified atom stereocenters. The van der Waals surface area contributed by atoms with Crippen molar-refractivity contribution in [3.8, 4) is 5.75 Å². The van der Waals surface area contributed by atoms with Crippen molar-refractivity contribution >= 4 is 11.9 Å². The molecule has 0 aromatic heterocycles. The average molecular weight is 379 g/mol. The molecule has 7 heteroatoms. The van der Waals surface area contributed by atoms with Crippen molar-refractivity contribution in [2.24, 2.45) is 4.99 Å². The molecule has 1 rings (SSSR count). The second-order valence-electron chi connectivity index (χ2n) is 7.63. The molecule has 0 heterocycles. The Morgan fingerprint density at radius 1 is 1.37 bits per heavy atom. The molecule has 0 fully saturated rings. The van der Waals surface area contributed by atoms with Gasteiger partial charge in [0.25, 0.3) is 0 Å². The van der Waals surface area contributed by atoms with Crippen LogP contribution in [0.3, 0.4) is 0 Å². The highest BCUT2D eigenvalue weighted by Gasteiger charge is 2.17. The maximum atomic E-state index is 12.1. The van der Waals surface area contributed by atoms with Crippen LogP contribution in [-0.2, 0) is 4.79 Å². The van der Waals surface area contributed by atoms with Gasteiger partial charge < -0.3 is 25.4 Å². The van der Waals surface area contributed by atoms with E-state index >= 15 is 0 Å². The topological polar surface area (TPSA) is 86.2 Å². The lowest BCUT2D eigenvalue weighted by molar-refractivity contribution is -0.122. The van der Waals surface area contributed by atoms with E-state index in [4.69, 9.17) is 4.74 Å². The number of aryl methyl sites for hydroxylation is 1. The minimum absolute atomic E-state index is 0.0843. The molecule has 0 bridgehead atoms. The van der Waals surface area contributed by atoms with Gasteiger partial charge in [-0.15, -0.1) is 0 Å². The predicted molar refractivity (Wildman–Crippen MR) is 109 cm³/mol. The van der Waals surface area contributed by atoms with E-state index in [2.05, 4.69) is 15.6 Å². The minimum Gasteiger partial charge on any atom is -0.491 e. The maximum absolute atomic E-state index is 12.1. The van der Waals surface area contributed by atoms with Crippen LogP contribution in [0.25, 0.3) is 0 Å². The van der Waals surface area contributed by atoms with Crippen molar-refractivity contribution < 1.29 is 14.6 Å². The van der Waals surface area contributed by atoms with Gasteiger partial charge in [-0.1, -0.05) is 12.1 Å². The van der Waals surface area contributed by atoms with Gasteiger partial charge in [-0.2, -0.15) is 0 Å². The van der Waals surface area contributed by atoms with E-state index in [9.17, 15) is 9.90 Å². The molecular formula is C20H34N4O3. The first-order valence-corrected chi connectivity index (χ1v) is 9.28. The summed E-state index contributed by atoms with van der Waals surface area (Å²) in [6.45, 7) is 10.9. The normalized spacial score (nSPS) is 13.1. The number of ether oxygens (including phenoxy) is 1. The molecule has 0 aliphatic rings. The number of hydrogen-bond acceptors (Lipinski definition) is 4. The van der Waals surface area contributed by atoms with Crippen LogP contribution in [0.2, 0.25) is 0 Å². The van der Waals surface area contributed by atoms with Crippen molar-refractivity contribution in [3.05, 3.63) is 29.8 Å². The Morgan fingerprint density at radius 3 is 2.67 bits per heavy atom. The first kappa shape index (κ1) is 22.8. The van der Waals surface area contributed by atoms with Crippen LogP contribution in [0.4, 0.5) is 0 Å². The van der Waals surface area contributed by atoms with Gasteiger partial charge in [0.1, 0.15) is 18.5 Å². The number of hydrogen-bond donors (Lipinski definition) is 3. The van der Waals surface area contributed by atoms with Crippen molar-refractivity contribution in [3.63, 3.8) is 0 Å². The number of likely N-dealkylation sites (N-methyl/N-ethyl adjacent to an activating group) is 1. The fourth-order valence-corrected chi connectivity index (χ4v) is 2.36. The van der Waals surface area contributed by atoms with Crippen LogP contribution in [-0.4, -0.2) is 66.8 Å². The Balaban J connectivity index is 2.56. The lowest BCUT2D eigenvalue weighted by Gasteiger charge is -2.25.